The Morgan fingerprint density at radius 1 is 1.23 bits per heavy atom. The topological polar surface area (TPSA) is 0 Å². The second kappa shape index (κ2) is 3.54. The van der Waals surface area contributed by atoms with Crippen LogP contribution in [0.4, 0.5) is 17.6 Å². The van der Waals surface area contributed by atoms with Crippen LogP contribution in [0.5, 0.6) is 0 Å². The van der Waals surface area contributed by atoms with Crippen LogP contribution in [0.25, 0.3) is 0 Å². The van der Waals surface area contributed by atoms with Gasteiger partial charge >= 0.3 is 6.18 Å². The molecule has 0 saturated carbocycles. The van der Waals surface area contributed by atoms with Crippen molar-refractivity contribution in [3.05, 3.63) is 34.6 Å². The highest BCUT2D eigenvalue weighted by atomic mass is 35.5. The molecule has 0 heterocycles. The number of benzene rings is 1. The largest absolute Gasteiger partial charge is 0.393 e. The third-order valence-corrected chi connectivity index (χ3v) is 1.64. The van der Waals surface area contributed by atoms with E-state index in [0.717, 1.165) is 12.1 Å². The average molecular weight is 213 g/mol. The Hall–Kier alpha value is -0.770. The maximum Gasteiger partial charge on any atom is 0.393 e. The number of alkyl halides is 3. The van der Waals surface area contributed by atoms with E-state index in [4.69, 9.17) is 11.6 Å². The molecule has 0 aromatic heterocycles. The van der Waals surface area contributed by atoms with Crippen molar-refractivity contribution in [2.24, 2.45) is 0 Å². The Morgan fingerprint density at radius 3 is 2.31 bits per heavy atom. The Morgan fingerprint density at radius 2 is 1.85 bits per heavy atom. The molecule has 1 rings (SSSR count). The standard InChI is InChI=1S/C8H5ClF4/c9-6-2-1-5(7(10)3-6)4-8(11,12)13/h1-3H,4H2. The van der Waals surface area contributed by atoms with E-state index in [1.807, 2.05) is 0 Å². The molecule has 13 heavy (non-hydrogen) atoms. The van der Waals surface area contributed by atoms with Crippen molar-refractivity contribution < 1.29 is 17.6 Å². The smallest absolute Gasteiger partial charge is 0.207 e. The zero-order valence-corrected chi connectivity index (χ0v) is 7.08. The van der Waals surface area contributed by atoms with E-state index in [2.05, 4.69) is 0 Å². The molecule has 0 aliphatic rings. The fourth-order valence-electron chi connectivity index (χ4n) is 0.881. The van der Waals surface area contributed by atoms with Crippen molar-refractivity contribution >= 4 is 11.6 Å². The average Bonchev–Trinajstić information content (AvgIpc) is 1.93. The minimum absolute atomic E-state index is 0.0865. The van der Waals surface area contributed by atoms with Gasteiger partial charge in [-0.1, -0.05) is 17.7 Å². The summed E-state index contributed by atoms with van der Waals surface area (Å²) in [6.45, 7) is 0. The first-order chi connectivity index (χ1) is 5.88. The summed E-state index contributed by atoms with van der Waals surface area (Å²) in [5.41, 5.74) is -0.392. The maximum absolute atomic E-state index is 12.8. The van der Waals surface area contributed by atoms with E-state index < -0.39 is 24.0 Å². The fraction of sp³-hybridized carbons (Fsp3) is 0.250. The molecule has 0 bridgehead atoms. The van der Waals surface area contributed by atoms with Crippen LogP contribution >= 0.6 is 11.6 Å². The molecule has 0 fully saturated rings. The van der Waals surface area contributed by atoms with Gasteiger partial charge in [-0.2, -0.15) is 13.2 Å². The van der Waals surface area contributed by atoms with Crippen LogP contribution in [-0.2, 0) is 6.42 Å². The Balaban J connectivity index is 2.90. The Labute approximate surface area is 77.1 Å². The molecule has 72 valence electrons. The molecule has 0 aliphatic heterocycles. The summed E-state index contributed by atoms with van der Waals surface area (Å²) in [6.07, 6.45) is -5.66. The quantitative estimate of drug-likeness (QED) is 0.624. The number of hydrogen-bond acceptors (Lipinski definition) is 0. The molecule has 5 heteroatoms. The van der Waals surface area contributed by atoms with E-state index in [1.54, 1.807) is 0 Å². The summed E-state index contributed by atoms with van der Waals surface area (Å²) in [5.74, 6) is -0.926. The van der Waals surface area contributed by atoms with Gasteiger partial charge in [0.15, 0.2) is 0 Å². The molecule has 0 spiro atoms. The van der Waals surface area contributed by atoms with E-state index in [-0.39, 0.29) is 5.02 Å². The van der Waals surface area contributed by atoms with Gasteiger partial charge in [0.25, 0.3) is 0 Å². The summed E-state index contributed by atoms with van der Waals surface area (Å²) in [5, 5.41) is 0.0865. The first-order valence-electron chi connectivity index (χ1n) is 3.39. The number of halogens is 5. The lowest BCUT2D eigenvalue weighted by atomic mass is 10.1. The van der Waals surface area contributed by atoms with Crippen LogP contribution in [0, 0.1) is 5.82 Å². The normalized spacial score (nSPS) is 11.8. The molecule has 0 N–H and O–H groups in total. The summed E-state index contributed by atoms with van der Waals surface area (Å²) in [6, 6.07) is 3.12. The molecule has 0 saturated heterocycles. The van der Waals surface area contributed by atoms with E-state index in [1.165, 1.54) is 6.07 Å². The number of hydrogen-bond donors (Lipinski definition) is 0. The van der Waals surface area contributed by atoms with Crippen molar-refractivity contribution in [2.75, 3.05) is 0 Å². The highest BCUT2D eigenvalue weighted by molar-refractivity contribution is 6.30. The Kier molecular flexibility index (Phi) is 2.81. The molecule has 0 nitrogen and oxygen atoms in total. The molecule has 1 aromatic carbocycles. The predicted octanol–water partition coefficient (Wildman–Crippen LogP) is 3.58. The van der Waals surface area contributed by atoms with Crippen LogP contribution in [0.15, 0.2) is 18.2 Å². The van der Waals surface area contributed by atoms with E-state index in [9.17, 15) is 17.6 Å². The van der Waals surface area contributed by atoms with Crippen LogP contribution in [0.3, 0.4) is 0 Å². The molecule has 1 aromatic rings. The minimum atomic E-state index is -4.39. The van der Waals surface area contributed by atoms with Gasteiger partial charge in [0, 0.05) is 5.02 Å². The van der Waals surface area contributed by atoms with Gasteiger partial charge in [0.05, 0.1) is 6.42 Å². The molecule has 0 amide bonds. The molecule has 0 unspecified atom stereocenters. The number of rotatable bonds is 1. The van der Waals surface area contributed by atoms with Crippen LogP contribution in [0.2, 0.25) is 5.02 Å². The zero-order chi connectivity index (χ0) is 10.1. The van der Waals surface area contributed by atoms with Crippen molar-refractivity contribution in [1.82, 2.24) is 0 Å². The zero-order valence-electron chi connectivity index (χ0n) is 6.33. The summed E-state index contributed by atoms with van der Waals surface area (Å²) in [4.78, 5) is 0. The fourth-order valence-corrected chi connectivity index (χ4v) is 1.04. The first kappa shape index (κ1) is 10.3. The Bertz CT molecular complexity index is 306. The van der Waals surface area contributed by atoms with E-state index >= 15 is 0 Å². The van der Waals surface area contributed by atoms with Crippen LogP contribution < -0.4 is 0 Å². The lowest BCUT2D eigenvalue weighted by molar-refractivity contribution is -0.127. The highest BCUT2D eigenvalue weighted by Crippen LogP contribution is 2.24. The maximum atomic E-state index is 12.8. The van der Waals surface area contributed by atoms with Gasteiger partial charge < -0.3 is 0 Å². The summed E-state index contributed by atoms with van der Waals surface area (Å²) in [7, 11) is 0. The predicted molar refractivity (Wildman–Crippen MR) is 41.2 cm³/mol. The first-order valence-corrected chi connectivity index (χ1v) is 3.77. The highest BCUT2D eigenvalue weighted by Gasteiger charge is 2.28. The van der Waals surface area contributed by atoms with Crippen molar-refractivity contribution in [3.63, 3.8) is 0 Å². The molecule has 0 aliphatic carbocycles. The third kappa shape index (κ3) is 3.22. The van der Waals surface area contributed by atoms with E-state index in [0.29, 0.717) is 0 Å². The lowest BCUT2D eigenvalue weighted by Gasteiger charge is -2.06. The second-order valence-electron chi connectivity index (χ2n) is 2.53. The monoisotopic (exact) mass is 212 g/mol. The van der Waals surface area contributed by atoms with Crippen molar-refractivity contribution in [3.8, 4) is 0 Å². The molecule has 0 atom stereocenters. The summed E-state index contributed by atoms with van der Waals surface area (Å²) < 4.78 is 48.3. The van der Waals surface area contributed by atoms with Gasteiger partial charge in [0.2, 0.25) is 0 Å². The van der Waals surface area contributed by atoms with Crippen molar-refractivity contribution in [1.29, 1.82) is 0 Å². The second-order valence-corrected chi connectivity index (χ2v) is 2.96. The third-order valence-electron chi connectivity index (χ3n) is 1.41. The summed E-state index contributed by atoms with van der Waals surface area (Å²) >= 11 is 5.37. The van der Waals surface area contributed by atoms with Gasteiger partial charge in [-0.3, -0.25) is 0 Å². The lowest BCUT2D eigenvalue weighted by Crippen LogP contribution is -2.12. The van der Waals surface area contributed by atoms with Gasteiger partial charge in [-0.25, -0.2) is 4.39 Å². The molecular formula is C8H5ClF4. The molecule has 0 radical (unpaired) electrons. The van der Waals surface area contributed by atoms with Gasteiger partial charge in [-0.15, -0.1) is 0 Å². The molecular weight excluding hydrogens is 208 g/mol. The minimum Gasteiger partial charge on any atom is -0.207 e. The van der Waals surface area contributed by atoms with Gasteiger partial charge in [-0.05, 0) is 17.7 Å². The van der Waals surface area contributed by atoms with Crippen LogP contribution in [0.1, 0.15) is 5.56 Å². The van der Waals surface area contributed by atoms with Crippen molar-refractivity contribution in [2.45, 2.75) is 12.6 Å². The van der Waals surface area contributed by atoms with Gasteiger partial charge in [0.1, 0.15) is 5.82 Å². The SMILES string of the molecule is Fc1cc(Cl)ccc1CC(F)(F)F. The van der Waals surface area contributed by atoms with Crippen LogP contribution in [-0.4, -0.2) is 6.18 Å².